The van der Waals surface area contributed by atoms with E-state index in [9.17, 15) is 9.59 Å². The normalized spacial score (nSPS) is 11.6. The lowest BCUT2D eigenvalue weighted by atomic mass is 10.0. The van der Waals surface area contributed by atoms with Gasteiger partial charge in [-0.15, -0.1) is 0 Å². The average molecular weight is 336 g/mol. The molecule has 1 aromatic carbocycles. The van der Waals surface area contributed by atoms with Gasteiger partial charge in [-0.25, -0.2) is 4.79 Å². The predicted molar refractivity (Wildman–Crippen MR) is 93.4 cm³/mol. The summed E-state index contributed by atoms with van der Waals surface area (Å²) in [6.45, 7) is 9.43. The molecule has 0 unspecified atom stereocenters. The molecule has 0 radical (unpaired) electrons. The molecule has 0 saturated heterocycles. The van der Waals surface area contributed by atoms with Crippen molar-refractivity contribution in [2.24, 2.45) is 0 Å². The summed E-state index contributed by atoms with van der Waals surface area (Å²) >= 11 is 0. The van der Waals surface area contributed by atoms with Crippen LogP contribution in [0.5, 0.6) is 5.75 Å². The Morgan fingerprint density at radius 2 is 1.79 bits per heavy atom. The summed E-state index contributed by atoms with van der Waals surface area (Å²) in [5.41, 5.74) is -0.668. The summed E-state index contributed by atoms with van der Waals surface area (Å²) in [6, 6.07) is 6.97. The van der Waals surface area contributed by atoms with Crippen molar-refractivity contribution >= 4 is 12.0 Å². The van der Waals surface area contributed by atoms with Crippen LogP contribution in [0.4, 0.5) is 4.79 Å². The highest BCUT2D eigenvalue weighted by atomic mass is 16.6. The number of likely N-dealkylation sites (N-methyl/N-ethyl adjacent to an activating group) is 1. The summed E-state index contributed by atoms with van der Waals surface area (Å²) in [7, 11) is 3.25. The Kier molecular flexibility index (Phi) is 6.23. The molecule has 1 aromatic rings. The van der Waals surface area contributed by atoms with E-state index in [1.165, 1.54) is 0 Å². The number of rotatable bonds is 5. The van der Waals surface area contributed by atoms with Crippen molar-refractivity contribution in [3.8, 4) is 5.75 Å². The van der Waals surface area contributed by atoms with Gasteiger partial charge in [0.2, 0.25) is 0 Å². The molecular weight excluding hydrogens is 308 g/mol. The summed E-state index contributed by atoms with van der Waals surface area (Å²) in [6.07, 6.45) is -0.505. The second kappa shape index (κ2) is 7.55. The highest BCUT2D eigenvalue weighted by Crippen LogP contribution is 2.16. The van der Waals surface area contributed by atoms with Crippen molar-refractivity contribution in [1.29, 1.82) is 0 Å². The van der Waals surface area contributed by atoms with Crippen LogP contribution in [0.1, 0.15) is 45.0 Å². The molecule has 1 rings (SSSR count). The minimum Gasteiger partial charge on any atom is -0.497 e. The Morgan fingerprint density at radius 1 is 1.17 bits per heavy atom. The van der Waals surface area contributed by atoms with E-state index in [-0.39, 0.29) is 5.91 Å². The van der Waals surface area contributed by atoms with Gasteiger partial charge in [0.05, 0.1) is 12.6 Å². The molecule has 24 heavy (non-hydrogen) atoms. The Labute approximate surface area is 144 Å². The number of nitrogens with one attached hydrogen (secondary N) is 1. The summed E-state index contributed by atoms with van der Waals surface area (Å²) in [4.78, 5) is 26.0. The third-order valence-corrected chi connectivity index (χ3v) is 3.14. The van der Waals surface area contributed by atoms with Gasteiger partial charge in [-0.3, -0.25) is 4.79 Å². The van der Waals surface area contributed by atoms with Crippen LogP contribution in [-0.2, 0) is 4.74 Å². The highest BCUT2D eigenvalue weighted by Gasteiger charge is 2.27. The monoisotopic (exact) mass is 336 g/mol. The molecule has 2 amide bonds. The van der Waals surface area contributed by atoms with Gasteiger partial charge in [0.15, 0.2) is 0 Å². The molecule has 0 aromatic heterocycles. The van der Waals surface area contributed by atoms with E-state index in [0.29, 0.717) is 17.9 Å². The number of benzene rings is 1. The van der Waals surface area contributed by atoms with E-state index >= 15 is 0 Å². The molecule has 0 aliphatic carbocycles. The van der Waals surface area contributed by atoms with Crippen molar-refractivity contribution < 1.29 is 19.1 Å². The first-order chi connectivity index (χ1) is 10.9. The fraction of sp³-hybridized carbons (Fsp3) is 0.556. The minimum absolute atomic E-state index is 0.145. The summed E-state index contributed by atoms with van der Waals surface area (Å²) in [5, 5.41) is 2.79. The largest absolute Gasteiger partial charge is 0.497 e. The lowest BCUT2D eigenvalue weighted by Crippen LogP contribution is -2.52. The molecule has 0 bridgehead atoms. The molecule has 6 heteroatoms. The van der Waals surface area contributed by atoms with Crippen LogP contribution in [0.3, 0.4) is 0 Å². The van der Waals surface area contributed by atoms with Gasteiger partial charge in [0.1, 0.15) is 11.4 Å². The average Bonchev–Trinajstić information content (AvgIpc) is 2.43. The second-order valence-corrected chi connectivity index (χ2v) is 7.40. The van der Waals surface area contributed by atoms with Gasteiger partial charge in [0, 0.05) is 19.2 Å². The maximum Gasteiger partial charge on any atom is 0.408 e. The van der Waals surface area contributed by atoms with Gasteiger partial charge in [-0.1, -0.05) is 6.07 Å². The van der Waals surface area contributed by atoms with Crippen LogP contribution in [0.25, 0.3) is 0 Å². The number of carbonyl (C=O) groups is 2. The zero-order valence-corrected chi connectivity index (χ0v) is 15.6. The Morgan fingerprint density at radius 3 is 2.33 bits per heavy atom. The number of nitrogens with zero attached hydrogens (tertiary/aromatic N) is 1. The SMILES string of the molecule is COc1cccc(C(=O)N(C)CC(C)(C)NC(=O)OC(C)(C)C)c1. The summed E-state index contributed by atoms with van der Waals surface area (Å²) in [5.74, 6) is 0.480. The number of hydrogen-bond acceptors (Lipinski definition) is 4. The molecule has 0 heterocycles. The molecular formula is C18H28N2O4. The van der Waals surface area contributed by atoms with Crippen LogP contribution in [0, 0.1) is 0 Å². The van der Waals surface area contributed by atoms with Crippen LogP contribution in [-0.4, -0.2) is 48.7 Å². The Bertz CT molecular complexity index is 591. The topological polar surface area (TPSA) is 67.9 Å². The fourth-order valence-corrected chi connectivity index (χ4v) is 2.26. The second-order valence-electron chi connectivity index (χ2n) is 7.40. The van der Waals surface area contributed by atoms with Crippen molar-refractivity contribution in [3.05, 3.63) is 29.8 Å². The van der Waals surface area contributed by atoms with Gasteiger partial charge in [0.25, 0.3) is 5.91 Å². The lowest BCUT2D eigenvalue weighted by Gasteiger charge is -2.32. The van der Waals surface area contributed by atoms with Crippen LogP contribution < -0.4 is 10.1 Å². The van der Waals surface area contributed by atoms with Crippen LogP contribution in [0.2, 0.25) is 0 Å². The van der Waals surface area contributed by atoms with Gasteiger partial charge in [-0.2, -0.15) is 0 Å². The number of methoxy groups -OCH3 is 1. The number of ether oxygens (including phenoxy) is 2. The van der Waals surface area contributed by atoms with E-state index in [1.807, 2.05) is 13.8 Å². The first-order valence-corrected chi connectivity index (χ1v) is 7.84. The zero-order chi connectivity index (χ0) is 18.5. The standard InChI is InChI=1S/C18H28N2O4/c1-17(2,3)24-16(22)19-18(4,5)12-20(6)15(21)13-9-8-10-14(11-13)23-7/h8-11H,12H2,1-7H3,(H,19,22). The molecule has 0 saturated carbocycles. The molecule has 0 aliphatic heterocycles. The van der Waals surface area contributed by atoms with Crippen molar-refractivity contribution in [3.63, 3.8) is 0 Å². The molecule has 0 fully saturated rings. The molecule has 0 spiro atoms. The fourth-order valence-electron chi connectivity index (χ4n) is 2.26. The predicted octanol–water partition coefficient (Wildman–Crippen LogP) is 3.07. The maximum absolute atomic E-state index is 12.5. The third kappa shape index (κ3) is 6.48. The first-order valence-electron chi connectivity index (χ1n) is 7.84. The molecule has 134 valence electrons. The quantitative estimate of drug-likeness (QED) is 0.897. The first kappa shape index (κ1) is 19.8. The molecule has 0 aliphatic rings. The van der Waals surface area contributed by atoms with Gasteiger partial charge in [-0.05, 0) is 52.8 Å². The molecule has 0 atom stereocenters. The van der Waals surface area contributed by atoms with E-state index < -0.39 is 17.2 Å². The Hall–Kier alpha value is -2.24. The van der Waals surface area contributed by atoms with Crippen LogP contribution in [0.15, 0.2) is 24.3 Å². The number of hydrogen-bond donors (Lipinski definition) is 1. The van der Waals surface area contributed by atoms with Crippen molar-refractivity contribution in [2.75, 3.05) is 20.7 Å². The van der Waals surface area contributed by atoms with E-state index in [2.05, 4.69) is 5.32 Å². The lowest BCUT2D eigenvalue weighted by molar-refractivity contribution is 0.0441. The number of amides is 2. The van der Waals surface area contributed by atoms with Crippen molar-refractivity contribution in [2.45, 2.75) is 45.8 Å². The number of alkyl carbamates (subject to hydrolysis) is 1. The smallest absolute Gasteiger partial charge is 0.408 e. The van der Waals surface area contributed by atoms with Gasteiger partial charge < -0.3 is 19.7 Å². The summed E-state index contributed by atoms with van der Waals surface area (Å²) < 4.78 is 10.4. The van der Waals surface area contributed by atoms with Crippen LogP contribution >= 0.6 is 0 Å². The minimum atomic E-state index is -0.633. The van der Waals surface area contributed by atoms with E-state index in [4.69, 9.17) is 9.47 Å². The Balaban J connectivity index is 2.72. The highest BCUT2D eigenvalue weighted by molar-refractivity contribution is 5.94. The molecule has 6 nitrogen and oxygen atoms in total. The van der Waals surface area contributed by atoms with E-state index in [1.54, 1.807) is 64.1 Å². The van der Waals surface area contributed by atoms with Gasteiger partial charge >= 0.3 is 6.09 Å². The maximum atomic E-state index is 12.5. The third-order valence-electron chi connectivity index (χ3n) is 3.14. The van der Waals surface area contributed by atoms with Crippen molar-refractivity contribution in [1.82, 2.24) is 10.2 Å². The zero-order valence-electron chi connectivity index (χ0n) is 15.6. The van der Waals surface area contributed by atoms with E-state index in [0.717, 1.165) is 0 Å². The molecule has 1 N–H and O–H groups in total. The number of carbonyl (C=O) groups excluding carboxylic acids is 2.